The molecule has 0 aliphatic carbocycles. The van der Waals surface area contributed by atoms with Gasteiger partial charge in [-0.05, 0) is 42.8 Å². The van der Waals surface area contributed by atoms with Crippen LogP contribution in [0.25, 0.3) is 10.9 Å². The first-order valence-electron chi connectivity index (χ1n) is 8.71. The van der Waals surface area contributed by atoms with E-state index in [1.54, 1.807) is 42.0 Å². The molecule has 0 aliphatic rings. The van der Waals surface area contributed by atoms with Crippen molar-refractivity contribution in [1.82, 2.24) is 8.87 Å². The zero-order valence-electron chi connectivity index (χ0n) is 16.1. The number of nitrogens with one attached hydrogen (secondary N) is 1. The molecule has 1 amide bonds. The summed E-state index contributed by atoms with van der Waals surface area (Å²) in [5.74, 6) is -0.333. The molecule has 1 N–H and O–H groups in total. The number of aromatic nitrogens is 1. The van der Waals surface area contributed by atoms with Gasteiger partial charge in [-0.1, -0.05) is 22.0 Å². The molecular weight excluding hydrogens is 458 g/mol. The highest BCUT2D eigenvalue weighted by Gasteiger charge is 2.19. The molecule has 0 atom stereocenters. The van der Waals surface area contributed by atoms with Crippen LogP contribution >= 0.6 is 15.9 Å². The number of nitrogens with zero attached hydrogens (tertiary/aromatic N) is 2. The van der Waals surface area contributed by atoms with Gasteiger partial charge in [-0.2, -0.15) is 0 Å². The molecule has 152 valence electrons. The van der Waals surface area contributed by atoms with E-state index >= 15 is 0 Å². The predicted octanol–water partition coefficient (Wildman–Crippen LogP) is 2.96. The van der Waals surface area contributed by atoms with Crippen molar-refractivity contribution in [3.8, 4) is 0 Å². The molecule has 1 aromatic heterocycles. The molecule has 0 unspecified atom stereocenters. The Morgan fingerprint density at radius 2 is 1.86 bits per heavy atom. The molecule has 0 aliphatic heterocycles. The smallest absolute Gasteiger partial charge is 0.244 e. The Labute approximate surface area is 177 Å². The molecule has 0 bridgehead atoms. The minimum absolute atomic E-state index is 0.0253. The summed E-state index contributed by atoms with van der Waals surface area (Å²) in [5, 5.41) is 3.28. The van der Waals surface area contributed by atoms with Crippen LogP contribution in [-0.4, -0.2) is 37.3 Å². The molecule has 2 aromatic carbocycles. The minimum Gasteiger partial charge on any atom is -0.338 e. The maximum atomic E-state index is 12.6. The number of halogens is 1. The number of anilines is 1. The lowest BCUT2D eigenvalue weighted by Crippen LogP contribution is -2.23. The lowest BCUT2D eigenvalue weighted by Gasteiger charge is -2.15. The van der Waals surface area contributed by atoms with Crippen LogP contribution in [0.2, 0.25) is 0 Å². The van der Waals surface area contributed by atoms with Gasteiger partial charge in [-0.15, -0.1) is 0 Å². The molecule has 7 nitrogen and oxygen atoms in total. The summed E-state index contributed by atoms with van der Waals surface area (Å²) >= 11 is 3.35. The fourth-order valence-electron chi connectivity index (χ4n) is 2.87. The minimum atomic E-state index is -3.61. The molecule has 29 heavy (non-hydrogen) atoms. The third-order valence-electron chi connectivity index (χ3n) is 4.51. The second-order valence-electron chi connectivity index (χ2n) is 6.78. The number of sulfonamides is 1. The largest absolute Gasteiger partial charge is 0.338 e. The lowest BCUT2D eigenvalue weighted by atomic mass is 10.2. The van der Waals surface area contributed by atoms with Gasteiger partial charge < -0.3 is 9.88 Å². The highest BCUT2D eigenvalue weighted by molar-refractivity contribution is 9.10. The first-order valence-corrected chi connectivity index (χ1v) is 10.9. The number of aryl methyl sites for hydroxylation is 1. The second-order valence-corrected chi connectivity index (χ2v) is 9.85. The fourth-order valence-corrected chi connectivity index (χ4v) is 4.16. The molecule has 0 spiro atoms. The molecule has 0 fully saturated rings. The average Bonchev–Trinajstić information content (AvgIpc) is 2.65. The van der Waals surface area contributed by atoms with Crippen LogP contribution in [-0.2, 0) is 21.4 Å². The van der Waals surface area contributed by atoms with E-state index in [1.165, 1.54) is 32.3 Å². The summed E-state index contributed by atoms with van der Waals surface area (Å²) in [6.07, 6.45) is 1.57. The van der Waals surface area contributed by atoms with E-state index < -0.39 is 10.0 Å². The van der Waals surface area contributed by atoms with Crippen molar-refractivity contribution in [1.29, 1.82) is 0 Å². The van der Waals surface area contributed by atoms with Crippen LogP contribution in [0.15, 0.2) is 62.8 Å². The van der Waals surface area contributed by atoms with Crippen LogP contribution in [0.3, 0.4) is 0 Å². The average molecular weight is 478 g/mol. The van der Waals surface area contributed by atoms with Gasteiger partial charge in [0, 0.05) is 41.9 Å². The molecule has 0 saturated carbocycles. The van der Waals surface area contributed by atoms with Crippen molar-refractivity contribution in [2.24, 2.45) is 0 Å². The SMILES string of the molecule is Cc1ccc(S(=O)(=O)N(C)C)cc1NC(=O)Cn1ccc(=O)c2cc(Br)ccc21. The van der Waals surface area contributed by atoms with Crippen molar-refractivity contribution >= 4 is 48.5 Å². The standard InChI is InChI=1S/C20H20BrN3O4S/c1-13-4-6-15(29(27,28)23(2)3)11-17(13)22-20(26)12-24-9-8-19(25)16-10-14(21)5-7-18(16)24/h4-11H,12H2,1-3H3,(H,22,26). The summed E-state index contributed by atoms with van der Waals surface area (Å²) in [7, 11) is -0.708. The van der Waals surface area contributed by atoms with Crippen molar-refractivity contribution in [2.45, 2.75) is 18.4 Å². The number of benzene rings is 2. The number of carbonyl (C=O) groups excluding carboxylic acids is 1. The van der Waals surface area contributed by atoms with Gasteiger partial charge in [0.25, 0.3) is 0 Å². The number of fused-ring (bicyclic) bond motifs is 1. The Kier molecular flexibility index (Phi) is 5.92. The van der Waals surface area contributed by atoms with Gasteiger partial charge in [-0.3, -0.25) is 9.59 Å². The van der Waals surface area contributed by atoms with Crippen LogP contribution in [0.1, 0.15) is 5.56 Å². The first kappa shape index (κ1) is 21.2. The van der Waals surface area contributed by atoms with Gasteiger partial charge in [-0.25, -0.2) is 12.7 Å². The van der Waals surface area contributed by atoms with Crippen molar-refractivity contribution < 1.29 is 13.2 Å². The molecular formula is C20H20BrN3O4S. The first-order chi connectivity index (χ1) is 13.6. The van der Waals surface area contributed by atoms with E-state index in [0.29, 0.717) is 16.6 Å². The highest BCUT2D eigenvalue weighted by atomic mass is 79.9. The van der Waals surface area contributed by atoms with Gasteiger partial charge in [0.15, 0.2) is 5.43 Å². The van der Waals surface area contributed by atoms with E-state index in [4.69, 9.17) is 0 Å². The predicted molar refractivity (Wildman–Crippen MR) is 117 cm³/mol. The zero-order chi connectivity index (χ0) is 21.3. The third kappa shape index (κ3) is 4.42. The summed E-state index contributed by atoms with van der Waals surface area (Å²) in [5.41, 5.74) is 1.67. The fraction of sp³-hybridized carbons (Fsp3) is 0.200. The summed E-state index contributed by atoms with van der Waals surface area (Å²) in [4.78, 5) is 24.8. The van der Waals surface area contributed by atoms with Crippen molar-refractivity contribution in [3.63, 3.8) is 0 Å². The Morgan fingerprint density at radius 3 is 2.55 bits per heavy atom. The van der Waals surface area contributed by atoms with Gasteiger partial charge in [0.05, 0.1) is 10.4 Å². The number of amides is 1. The zero-order valence-corrected chi connectivity index (χ0v) is 18.5. The van der Waals surface area contributed by atoms with Crippen LogP contribution in [0.5, 0.6) is 0 Å². The highest BCUT2D eigenvalue weighted by Crippen LogP contribution is 2.22. The monoisotopic (exact) mass is 477 g/mol. The van der Waals surface area contributed by atoms with Gasteiger partial charge in [0.1, 0.15) is 6.54 Å². The van der Waals surface area contributed by atoms with Gasteiger partial charge >= 0.3 is 0 Å². The number of rotatable bonds is 5. The maximum absolute atomic E-state index is 12.6. The van der Waals surface area contributed by atoms with Crippen molar-refractivity contribution in [2.75, 3.05) is 19.4 Å². The number of hydrogen-bond donors (Lipinski definition) is 1. The van der Waals surface area contributed by atoms with E-state index in [2.05, 4.69) is 21.2 Å². The summed E-state index contributed by atoms with van der Waals surface area (Å²) in [6.45, 7) is 1.76. The molecule has 1 heterocycles. The third-order valence-corrected chi connectivity index (χ3v) is 6.82. The normalized spacial score (nSPS) is 11.8. The summed E-state index contributed by atoms with van der Waals surface area (Å²) in [6, 6.07) is 11.3. The Morgan fingerprint density at radius 1 is 1.14 bits per heavy atom. The molecule has 3 aromatic rings. The van der Waals surface area contributed by atoms with E-state index in [9.17, 15) is 18.0 Å². The van der Waals surface area contributed by atoms with Gasteiger partial charge in [0.2, 0.25) is 15.9 Å². The summed E-state index contributed by atoms with van der Waals surface area (Å²) < 4.78 is 28.3. The van der Waals surface area contributed by atoms with E-state index in [1.807, 2.05) is 0 Å². The van der Waals surface area contributed by atoms with Crippen LogP contribution < -0.4 is 10.7 Å². The Hall–Kier alpha value is -2.49. The number of pyridine rings is 1. The Bertz CT molecular complexity index is 1270. The van der Waals surface area contributed by atoms with E-state index in [-0.39, 0.29) is 22.8 Å². The molecule has 0 radical (unpaired) electrons. The Balaban J connectivity index is 1.90. The molecule has 0 saturated heterocycles. The topological polar surface area (TPSA) is 88.5 Å². The maximum Gasteiger partial charge on any atom is 0.244 e. The number of carbonyl (C=O) groups is 1. The molecule has 9 heteroatoms. The second kappa shape index (κ2) is 8.10. The number of hydrogen-bond acceptors (Lipinski definition) is 4. The quantitative estimate of drug-likeness (QED) is 0.611. The molecule has 3 rings (SSSR count). The van der Waals surface area contributed by atoms with E-state index in [0.717, 1.165) is 14.3 Å². The van der Waals surface area contributed by atoms with Crippen LogP contribution in [0, 0.1) is 6.92 Å². The van der Waals surface area contributed by atoms with Crippen molar-refractivity contribution in [3.05, 3.63) is 68.9 Å². The van der Waals surface area contributed by atoms with Crippen LogP contribution in [0.4, 0.5) is 5.69 Å². The lowest BCUT2D eigenvalue weighted by molar-refractivity contribution is -0.116.